The number of anilines is 1. The van der Waals surface area contributed by atoms with Crippen LogP contribution < -0.4 is 10.6 Å². The summed E-state index contributed by atoms with van der Waals surface area (Å²) in [7, 11) is 2.16. The topological polar surface area (TPSA) is 128 Å². The largest absolute Gasteiger partial charge is 0.357 e. The van der Waals surface area contributed by atoms with E-state index in [2.05, 4.69) is 62.9 Å². The van der Waals surface area contributed by atoms with Crippen molar-refractivity contribution in [2.24, 2.45) is 0 Å². The van der Waals surface area contributed by atoms with Crippen molar-refractivity contribution >= 4 is 40.3 Å². The lowest BCUT2D eigenvalue weighted by Crippen LogP contribution is -2.52. The average molecular weight is 681 g/mol. The molecule has 1 unspecified atom stereocenters. The minimum absolute atomic E-state index is 0.167. The number of rotatable bonds is 9. The van der Waals surface area contributed by atoms with E-state index in [-0.39, 0.29) is 24.1 Å². The fraction of sp³-hybridized carbons (Fsp3) is 0.293. The number of nitrogens with zero attached hydrogens (tertiary/aromatic N) is 3. The molecule has 3 N–H and O–H groups in total. The van der Waals surface area contributed by atoms with Crippen molar-refractivity contribution in [2.45, 2.75) is 63.6 Å². The number of pyridine rings is 1. The van der Waals surface area contributed by atoms with E-state index in [1.807, 2.05) is 54.7 Å². The number of imide groups is 1. The number of H-pyrrole nitrogens is 1. The number of aromatic amines is 1. The van der Waals surface area contributed by atoms with Gasteiger partial charge in [0.2, 0.25) is 11.8 Å². The molecule has 2 atom stereocenters. The van der Waals surface area contributed by atoms with Crippen LogP contribution in [0.4, 0.5) is 5.82 Å². The summed E-state index contributed by atoms with van der Waals surface area (Å²) in [4.78, 5) is 62.4. The summed E-state index contributed by atoms with van der Waals surface area (Å²) < 4.78 is 0. The van der Waals surface area contributed by atoms with Gasteiger partial charge in [0, 0.05) is 53.5 Å². The van der Waals surface area contributed by atoms with E-state index >= 15 is 0 Å². The molecule has 0 saturated carbocycles. The third-order valence-corrected chi connectivity index (χ3v) is 10.6. The van der Waals surface area contributed by atoms with Gasteiger partial charge in [0.05, 0.1) is 5.52 Å². The number of hydrogen-bond donors (Lipinski definition) is 3. The molecule has 0 radical (unpaired) electrons. The van der Waals surface area contributed by atoms with Crippen molar-refractivity contribution < 1.29 is 19.2 Å². The quantitative estimate of drug-likeness (QED) is 0.160. The second-order valence-corrected chi connectivity index (χ2v) is 14.0. The van der Waals surface area contributed by atoms with Crippen molar-refractivity contribution in [3.05, 3.63) is 119 Å². The Morgan fingerprint density at radius 1 is 0.902 bits per heavy atom. The highest BCUT2D eigenvalue weighted by Gasteiger charge is 2.39. The number of hydrogen-bond acceptors (Lipinski definition) is 6. The Morgan fingerprint density at radius 3 is 2.37 bits per heavy atom. The molecule has 258 valence electrons. The van der Waals surface area contributed by atoms with E-state index in [4.69, 9.17) is 0 Å². The van der Waals surface area contributed by atoms with Gasteiger partial charge in [0.1, 0.15) is 11.9 Å². The normalized spacial score (nSPS) is 19.1. The summed E-state index contributed by atoms with van der Waals surface area (Å²) in [6.07, 6.45) is 7.48. The highest BCUT2D eigenvalue weighted by Crippen LogP contribution is 2.35. The van der Waals surface area contributed by atoms with Crippen LogP contribution in [0.15, 0.2) is 85.1 Å². The second kappa shape index (κ2) is 13.6. The van der Waals surface area contributed by atoms with Crippen LogP contribution in [0.25, 0.3) is 22.0 Å². The van der Waals surface area contributed by atoms with Crippen LogP contribution in [0.5, 0.6) is 0 Å². The number of nitrogens with one attached hydrogen (secondary N) is 3. The van der Waals surface area contributed by atoms with Crippen LogP contribution in [0, 0.1) is 0 Å². The minimum atomic E-state index is -0.633. The highest BCUT2D eigenvalue weighted by molar-refractivity contribution is 6.06. The Bertz CT molecular complexity index is 2160. The van der Waals surface area contributed by atoms with Gasteiger partial charge in [0.25, 0.3) is 11.8 Å². The van der Waals surface area contributed by atoms with Gasteiger partial charge in [0.15, 0.2) is 0 Å². The third kappa shape index (κ3) is 6.55. The van der Waals surface area contributed by atoms with Crippen molar-refractivity contribution in [3.63, 3.8) is 0 Å². The van der Waals surface area contributed by atoms with Gasteiger partial charge in [-0.05, 0) is 104 Å². The molecule has 3 aliphatic heterocycles. The molecule has 2 aromatic heterocycles. The Morgan fingerprint density at radius 2 is 1.65 bits per heavy atom. The number of piperidine rings is 1. The maximum Gasteiger partial charge on any atom is 0.256 e. The molecule has 3 aliphatic rings. The van der Waals surface area contributed by atoms with Gasteiger partial charge >= 0.3 is 0 Å². The predicted molar refractivity (Wildman–Crippen MR) is 195 cm³/mol. The number of aryl methyl sites for hydroxylation is 2. The summed E-state index contributed by atoms with van der Waals surface area (Å²) in [6.45, 7) is 1.45. The number of likely N-dealkylation sites (tertiary alicyclic amines) is 1. The van der Waals surface area contributed by atoms with Crippen LogP contribution in [0.1, 0.15) is 81.2 Å². The second-order valence-electron chi connectivity index (χ2n) is 14.0. The lowest BCUT2D eigenvalue weighted by molar-refractivity contribution is -0.136. The zero-order valence-electron chi connectivity index (χ0n) is 28.6. The van der Waals surface area contributed by atoms with Crippen LogP contribution in [0.2, 0.25) is 0 Å². The van der Waals surface area contributed by atoms with Crippen molar-refractivity contribution in [2.75, 3.05) is 18.9 Å². The van der Waals surface area contributed by atoms with Gasteiger partial charge in [-0.3, -0.25) is 29.4 Å². The summed E-state index contributed by atoms with van der Waals surface area (Å²) >= 11 is 0. The van der Waals surface area contributed by atoms with E-state index in [1.54, 1.807) is 4.90 Å². The standard InChI is InChI=1S/C41H40N6O4/c1-46-20-4-9-35(46)34-21-29-23-42-37(22-33(29)43-34)44-39(49)28-16-12-26(13-17-28)6-2-5-25-10-14-27(15-11-25)30-7-3-8-31-32(30)24-47(41(31)51)36-18-19-38(48)45-40(36)50/h3,7-8,10-17,21-23,35-36,43H,2,4-6,9,18-20,24H2,1H3,(H,42,44,49)(H,45,48,50)/t35-,36?/m1/s1. The third-order valence-electron chi connectivity index (χ3n) is 10.6. The number of carbonyl (C=O) groups is 4. The zero-order valence-corrected chi connectivity index (χ0v) is 28.6. The van der Waals surface area contributed by atoms with E-state index in [0.29, 0.717) is 36.0 Å². The monoisotopic (exact) mass is 680 g/mol. The molecule has 2 fully saturated rings. The fourth-order valence-electron chi connectivity index (χ4n) is 7.81. The number of benzene rings is 3. The number of amides is 4. The lowest BCUT2D eigenvalue weighted by atomic mass is 9.95. The first-order chi connectivity index (χ1) is 24.8. The Hall–Kier alpha value is -5.61. The lowest BCUT2D eigenvalue weighted by Gasteiger charge is -2.29. The molecule has 0 bridgehead atoms. The first-order valence-electron chi connectivity index (χ1n) is 17.8. The molecule has 8 rings (SSSR count). The van der Waals surface area contributed by atoms with Crippen LogP contribution in [0.3, 0.4) is 0 Å². The van der Waals surface area contributed by atoms with Crippen molar-refractivity contribution in [1.29, 1.82) is 0 Å². The fourth-order valence-corrected chi connectivity index (χ4v) is 7.81. The van der Waals surface area contributed by atoms with Gasteiger partial charge in [-0.1, -0.05) is 48.5 Å². The van der Waals surface area contributed by atoms with E-state index in [9.17, 15) is 19.2 Å². The van der Waals surface area contributed by atoms with Crippen molar-refractivity contribution in [3.8, 4) is 11.1 Å². The molecule has 3 aromatic carbocycles. The highest BCUT2D eigenvalue weighted by atomic mass is 16.2. The van der Waals surface area contributed by atoms with Gasteiger partial charge in [-0.25, -0.2) is 4.98 Å². The summed E-state index contributed by atoms with van der Waals surface area (Å²) in [5, 5.41) is 6.36. The maximum atomic E-state index is 13.2. The molecule has 2 saturated heterocycles. The molecule has 0 spiro atoms. The summed E-state index contributed by atoms with van der Waals surface area (Å²) in [5.74, 6) is -0.526. The molecule has 4 amide bonds. The van der Waals surface area contributed by atoms with Crippen molar-refractivity contribution in [1.82, 2.24) is 25.1 Å². The minimum Gasteiger partial charge on any atom is -0.357 e. The molecule has 0 aliphatic carbocycles. The first-order valence-corrected chi connectivity index (χ1v) is 17.8. The Kier molecular flexibility index (Phi) is 8.69. The SMILES string of the molecule is CN1CCC[C@@H]1c1cc2cnc(NC(=O)c3ccc(CCCc4ccc(-c5cccc6c5CN(C5CCC(=O)NC5=O)C6=O)cc4)cc3)cc2[nH]1. The predicted octanol–water partition coefficient (Wildman–Crippen LogP) is 6.19. The van der Waals surface area contributed by atoms with Crippen LogP contribution in [-0.2, 0) is 29.0 Å². The smallest absolute Gasteiger partial charge is 0.256 e. The molecule has 10 nitrogen and oxygen atoms in total. The molecule has 51 heavy (non-hydrogen) atoms. The van der Waals surface area contributed by atoms with Gasteiger partial charge < -0.3 is 15.2 Å². The zero-order chi connectivity index (χ0) is 35.1. The first kappa shape index (κ1) is 32.6. The Balaban J connectivity index is 0.849. The summed E-state index contributed by atoms with van der Waals surface area (Å²) in [6, 6.07) is 25.7. The maximum absolute atomic E-state index is 13.2. The van der Waals surface area contributed by atoms with Gasteiger partial charge in [-0.15, -0.1) is 0 Å². The van der Waals surface area contributed by atoms with Crippen LogP contribution in [-0.4, -0.2) is 63.0 Å². The van der Waals surface area contributed by atoms with Gasteiger partial charge in [-0.2, -0.15) is 0 Å². The number of fused-ring (bicyclic) bond motifs is 2. The molecule has 5 heterocycles. The molecular formula is C41H40N6O4. The number of aromatic nitrogens is 2. The number of carbonyl (C=O) groups excluding carboxylic acids is 4. The van der Waals surface area contributed by atoms with Crippen LogP contribution >= 0.6 is 0 Å². The van der Waals surface area contributed by atoms with E-state index in [0.717, 1.165) is 59.8 Å². The average Bonchev–Trinajstić information content (AvgIpc) is 3.85. The molecule has 10 heteroatoms. The summed E-state index contributed by atoms with van der Waals surface area (Å²) in [5.41, 5.74) is 8.67. The van der Waals surface area contributed by atoms with E-state index < -0.39 is 11.9 Å². The van der Waals surface area contributed by atoms with E-state index in [1.165, 1.54) is 23.2 Å². The molecular weight excluding hydrogens is 640 g/mol. The molecule has 5 aromatic rings. The Labute approximate surface area is 296 Å².